The van der Waals surface area contributed by atoms with E-state index in [-0.39, 0.29) is 17.9 Å². The Balaban J connectivity index is 1.49. The molecule has 0 fully saturated rings. The number of nitrogens with one attached hydrogen (secondary N) is 1. The third-order valence-corrected chi connectivity index (χ3v) is 4.59. The molecule has 0 spiro atoms. The molecular weight excluding hydrogens is 400 g/mol. The highest BCUT2D eigenvalue weighted by molar-refractivity contribution is 5.92. The fourth-order valence-corrected chi connectivity index (χ4v) is 2.96. The Bertz CT molecular complexity index is 1300. The number of hydrogen-bond acceptors (Lipinski definition) is 3. The molecule has 31 heavy (non-hydrogen) atoms. The van der Waals surface area contributed by atoms with Crippen molar-refractivity contribution in [3.8, 4) is 16.9 Å². The molecule has 6 nitrogen and oxygen atoms in total. The van der Waals surface area contributed by atoms with Gasteiger partial charge < -0.3 is 5.32 Å². The van der Waals surface area contributed by atoms with E-state index in [1.54, 1.807) is 48.7 Å². The molecule has 0 aliphatic heterocycles. The molecule has 2 aromatic heterocycles. The molecule has 4 aromatic rings. The van der Waals surface area contributed by atoms with Crippen LogP contribution in [-0.4, -0.2) is 20.7 Å². The fourth-order valence-electron chi connectivity index (χ4n) is 2.96. The highest BCUT2D eigenvalue weighted by atomic mass is 19.1. The quantitative estimate of drug-likeness (QED) is 0.481. The molecule has 2 aromatic carbocycles. The topological polar surface area (TPSA) is 64.2 Å². The summed E-state index contributed by atoms with van der Waals surface area (Å²) >= 11 is 0. The summed E-state index contributed by atoms with van der Waals surface area (Å²) in [6, 6.07) is 15.4. The molecule has 152 valence electrons. The molecule has 1 N–H and O–H groups in total. The summed E-state index contributed by atoms with van der Waals surface area (Å²) in [5.74, 6) is -1.51. The van der Waals surface area contributed by atoms with Crippen molar-refractivity contribution in [1.82, 2.24) is 20.1 Å². The second-order valence-electron chi connectivity index (χ2n) is 6.60. The lowest BCUT2D eigenvalue weighted by molar-refractivity contribution is 0.0945. The molecule has 0 saturated carbocycles. The van der Waals surface area contributed by atoms with Crippen LogP contribution in [0.5, 0.6) is 0 Å². The second-order valence-corrected chi connectivity index (χ2v) is 6.60. The minimum Gasteiger partial charge on any atom is -0.347 e. The van der Waals surface area contributed by atoms with Gasteiger partial charge in [0, 0.05) is 30.1 Å². The molecule has 0 aliphatic carbocycles. The molecule has 0 unspecified atom stereocenters. The SMILES string of the molecule is [C-]#[N+]c1ccc(-c2ccn(-c3ccc(CNC(=O)c4ccccn4)c(F)c3)n2)cc1F. The van der Waals surface area contributed by atoms with E-state index in [1.165, 1.54) is 29.1 Å². The first-order valence-corrected chi connectivity index (χ1v) is 9.26. The Kier molecular flexibility index (Phi) is 5.49. The normalized spacial score (nSPS) is 10.5. The van der Waals surface area contributed by atoms with Crippen LogP contribution in [0.4, 0.5) is 14.5 Å². The van der Waals surface area contributed by atoms with E-state index in [0.717, 1.165) is 0 Å². The van der Waals surface area contributed by atoms with E-state index >= 15 is 0 Å². The summed E-state index contributed by atoms with van der Waals surface area (Å²) < 4.78 is 29.9. The Morgan fingerprint density at radius 3 is 2.65 bits per heavy atom. The summed E-state index contributed by atoms with van der Waals surface area (Å²) in [6.45, 7) is 6.93. The van der Waals surface area contributed by atoms with Crippen molar-refractivity contribution in [3.05, 3.63) is 107 Å². The van der Waals surface area contributed by atoms with E-state index in [4.69, 9.17) is 6.57 Å². The van der Waals surface area contributed by atoms with Crippen LogP contribution in [-0.2, 0) is 6.54 Å². The van der Waals surface area contributed by atoms with Gasteiger partial charge in [0.15, 0.2) is 0 Å². The number of rotatable bonds is 5. The van der Waals surface area contributed by atoms with Gasteiger partial charge >= 0.3 is 0 Å². The van der Waals surface area contributed by atoms with Crippen molar-refractivity contribution in [2.45, 2.75) is 6.54 Å². The Hall–Kier alpha value is -4.38. The minimum absolute atomic E-state index is 0.0125. The number of hydrogen-bond donors (Lipinski definition) is 1. The number of aromatic nitrogens is 3. The van der Waals surface area contributed by atoms with Gasteiger partial charge in [-0.25, -0.2) is 18.3 Å². The van der Waals surface area contributed by atoms with Crippen LogP contribution in [0.3, 0.4) is 0 Å². The number of amides is 1. The predicted molar refractivity (Wildman–Crippen MR) is 111 cm³/mol. The van der Waals surface area contributed by atoms with Crippen LogP contribution in [0.1, 0.15) is 16.1 Å². The van der Waals surface area contributed by atoms with Crippen LogP contribution in [0.15, 0.2) is 73.1 Å². The Morgan fingerprint density at radius 1 is 1.06 bits per heavy atom. The molecule has 4 rings (SSSR count). The largest absolute Gasteiger partial charge is 0.347 e. The molecule has 0 atom stereocenters. The van der Waals surface area contributed by atoms with Crippen LogP contribution in [0.25, 0.3) is 21.8 Å². The zero-order valence-corrected chi connectivity index (χ0v) is 16.1. The van der Waals surface area contributed by atoms with Gasteiger partial charge in [0.05, 0.1) is 18.0 Å². The number of pyridine rings is 1. The van der Waals surface area contributed by atoms with Crippen LogP contribution in [0, 0.1) is 18.2 Å². The van der Waals surface area contributed by atoms with E-state index in [0.29, 0.717) is 22.5 Å². The van der Waals surface area contributed by atoms with Crippen molar-refractivity contribution >= 4 is 11.6 Å². The standard InChI is InChI=1S/C23H15F2N5O/c1-26-21-8-6-15(12-19(21)25)20-9-11-30(29-20)17-7-5-16(18(24)13-17)14-28-23(31)22-4-2-3-10-27-22/h2-13H,14H2,(H,28,31). The maximum Gasteiger partial charge on any atom is 0.270 e. The average molecular weight is 415 g/mol. The third kappa shape index (κ3) is 4.31. The van der Waals surface area contributed by atoms with Crippen LogP contribution in [0.2, 0.25) is 0 Å². The lowest BCUT2D eigenvalue weighted by Gasteiger charge is -2.08. The molecule has 0 bridgehead atoms. The van der Waals surface area contributed by atoms with E-state index in [9.17, 15) is 13.6 Å². The fraction of sp³-hybridized carbons (Fsp3) is 0.0435. The van der Waals surface area contributed by atoms with E-state index < -0.39 is 17.5 Å². The van der Waals surface area contributed by atoms with Crippen molar-refractivity contribution in [3.63, 3.8) is 0 Å². The van der Waals surface area contributed by atoms with Gasteiger partial charge in [0.25, 0.3) is 5.91 Å². The first kappa shape index (κ1) is 19.9. The van der Waals surface area contributed by atoms with Crippen LogP contribution < -0.4 is 5.32 Å². The maximum atomic E-state index is 14.6. The summed E-state index contributed by atoms with van der Waals surface area (Å²) in [4.78, 5) is 19.1. The number of benzene rings is 2. The molecular formula is C23H15F2N5O. The highest BCUT2D eigenvalue weighted by Crippen LogP contribution is 2.25. The van der Waals surface area contributed by atoms with Crippen molar-refractivity contribution < 1.29 is 13.6 Å². The molecule has 1 amide bonds. The van der Waals surface area contributed by atoms with E-state index in [1.807, 2.05) is 0 Å². The molecule has 2 heterocycles. The van der Waals surface area contributed by atoms with Crippen molar-refractivity contribution in [1.29, 1.82) is 0 Å². The zero-order chi connectivity index (χ0) is 21.8. The van der Waals surface area contributed by atoms with Gasteiger partial charge in [-0.05, 0) is 36.4 Å². The van der Waals surface area contributed by atoms with Gasteiger partial charge in [0.2, 0.25) is 5.69 Å². The lowest BCUT2D eigenvalue weighted by Crippen LogP contribution is -2.24. The first-order valence-electron chi connectivity index (χ1n) is 9.26. The van der Waals surface area contributed by atoms with Gasteiger partial charge in [-0.2, -0.15) is 5.10 Å². The molecule has 8 heteroatoms. The predicted octanol–water partition coefficient (Wildman–Crippen LogP) is 4.69. The highest BCUT2D eigenvalue weighted by Gasteiger charge is 2.11. The summed E-state index contributed by atoms with van der Waals surface area (Å²) in [7, 11) is 0. The molecule has 0 aliphatic rings. The summed E-state index contributed by atoms with van der Waals surface area (Å²) in [5, 5.41) is 6.99. The van der Waals surface area contributed by atoms with Gasteiger partial charge in [0.1, 0.15) is 17.3 Å². The third-order valence-electron chi connectivity index (χ3n) is 4.59. The number of nitrogens with zero attached hydrogens (tertiary/aromatic N) is 4. The second kappa shape index (κ2) is 8.55. The van der Waals surface area contributed by atoms with Crippen molar-refractivity contribution in [2.24, 2.45) is 0 Å². The van der Waals surface area contributed by atoms with Gasteiger partial charge in [-0.1, -0.05) is 24.3 Å². The molecule has 0 radical (unpaired) electrons. The summed E-state index contributed by atoms with van der Waals surface area (Å²) in [5.41, 5.74) is 1.99. The van der Waals surface area contributed by atoms with Crippen LogP contribution >= 0.6 is 0 Å². The Morgan fingerprint density at radius 2 is 1.94 bits per heavy atom. The van der Waals surface area contributed by atoms with Gasteiger partial charge in [-0.15, -0.1) is 0 Å². The number of carbonyl (C=O) groups is 1. The van der Waals surface area contributed by atoms with E-state index in [2.05, 4.69) is 20.2 Å². The first-order chi connectivity index (χ1) is 15.0. The minimum atomic E-state index is -0.620. The molecule has 0 saturated heterocycles. The van der Waals surface area contributed by atoms with Crippen molar-refractivity contribution in [2.75, 3.05) is 0 Å². The zero-order valence-electron chi connectivity index (χ0n) is 16.1. The monoisotopic (exact) mass is 415 g/mol. The maximum absolute atomic E-state index is 14.6. The number of carbonyl (C=O) groups excluding carboxylic acids is 1. The number of halogens is 2. The lowest BCUT2D eigenvalue weighted by atomic mass is 10.1. The average Bonchev–Trinajstić information content (AvgIpc) is 3.29. The van der Waals surface area contributed by atoms with Gasteiger partial charge in [-0.3, -0.25) is 9.78 Å². The smallest absolute Gasteiger partial charge is 0.270 e. The summed E-state index contributed by atoms with van der Waals surface area (Å²) in [6.07, 6.45) is 3.14. The Labute approximate surface area is 176 Å².